The number of halogens is 1. The zero-order valence-corrected chi connectivity index (χ0v) is 13.9. The van der Waals surface area contributed by atoms with Crippen molar-refractivity contribution in [2.24, 2.45) is 11.7 Å². The molecule has 2 heterocycles. The van der Waals surface area contributed by atoms with Crippen LogP contribution in [0.2, 0.25) is 5.15 Å². The van der Waals surface area contributed by atoms with E-state index in [9.17, 15) is 0 Å². The van der Waals surface area contributed by atoms with Gasteiger partial charge in [0, 0.05) is 31.6 Å². The first-order valence-electron chi connectivity index (χ1n) is 8.00. The molecule has 0 aromatic carbocycles. The molecule has 3 rings (SSSR count). The number of rotatable bonds is 6. The predicted octanol–water partition coefficient (Wildman–Crippen LogP) is 1.12. The second-order valence-corrected chi connectivity index (χ2v) is 6.71. The highest BCUT2D eigenvalue weighted by Crippen LogP contribution is 2.39. The number of hydrogen-bond acceptors (Lipinski definition) is 7. The first-order valence-corrected chi connectivity index (χ1v) is 8.38. The van der Waals surface area contributed by atoms with Crippen LogP contribution in [-0.4, -0.2) is 35.8 Å². The first-order chi connectivity index (χ1) is 11.1. The molecule has 23 heavy (non-hydrogen) atoms. The fourth-order valence-electron chi connectivity index (χ4n) is 2.86. The van der Waals surface area contributed by atoms with Gasteiger partial charge in [0.25, 0.3) is 0 Å². The standard InChI is InChI=1S/C15H22ClN7/c1-23(6-2-3-11-10(8-17)14(18)22-21-11)13-7-12(16)19-15(20-13)9-4-5-9/h7,9-11,14,21-22H,2-6,18H2,1H3. The van der Waals surface area contributed by atoms with E-state index in [2.05, 4.69) is 31.8 Å². The molecule has 0 spiro atoms. The maximum atomic E-state index is 9.16. The Morgan fingerprint density at radius 2 is 2.22 bits per heavy atom. The Morgan fingerprint density at radius 3 is 2.91 bits per heavy atom. The number of nitrogens with one attached hydrogen (secondary N) is 2. The third kappa shape index (κ3) is 3.90. The lowest BCUT2D eigenvalue weighted by Crippen LogP contribution is -2.38. The molecule has 0 amide bonds. The van der Waals surface area contributed by atoms with E-state index in [-0.39, 0.29) is 18.1 Å². The van der Waals surface area contributed by atoms with Gasteiger partial charge in [-0.05, 0) is 25.7 Å². The second kappa shape index (κ2) is 6.97. The SMILES string of the molecule is CN(CCCC1NNC(N)C1C#N)c1cc(Cl)nc(C2CC2)n1. The van der Waals surface area contributed by atoms with Crippen molar-refractivity contribution in [3.05, 3.63) is 17.0 Å². The smallest absolute Gasteiger partial charge is 0.135 e. The Morgan fingerprint density at radius 1 is 1.43 bits per heavy atom. The normalized spacial score (nSPS) is 27.0. The van der Waals surface area contributed by atoms with Crippen molar-refractivity contribution in [2.75, 3.05) is 18.5 Å². The summed E-state index contributed by atoms with van der Waals surface area (Å²) in [6.07, 6.45) is 3.81. The fraction of sp³-hybridized carbons (Fsp3) is 0.667. The highest BCUT2D eigenvalue weighted by Gasteiger charge is 2.33. The van der Waals surface area contributed by atoms with E-state index >= 15 is 0 Å². The van der Waals surface area contributed by atoms with E-state index in [1.807, 2.05) is 7.05 Å². The molecule has 1 saturated heterocycles. The van der Waals surface area contributed by atoms with E-state index in [0.29, 0.717) is 11.1 Å². The lowest BCUT2D eigenvalue weighted by atomic mass is 9.97. The molecule has 2 aliphatic rings. The summed E-state index contributed by atoms with van der Waals surface area (Å²) in [6.45, 7) is 0.836. The van der Waals surface area contributed by atoms with Crippen LogP contribution >= 0.6 is 11.6 Å². The number of nitrogens with two attached hydrogens (primary N) is 1. The van der Waals surface area contributed by atoms with Crippen LogP contribution in [0.4, 0.5) is 5.82 Å². The number of hydrogen-bond donors (Lipinski definition) is 3. The molecule has 0 radical (unpaired) electrons. The molecule has 7 nitrogen and oxygen atoms in total. The van der Waals surface area contributed by atoms with Crippen LogP contribution in [-0.2, 0) is 0 Å². The van der Waals surface area contributed by atoms with Crippen molar-refractivity contribution in [1.29, 1.82) is 5.26 Å². The molecule has 1 aromatic heterocycles. The Labute approximate surface area is 141 Å². The van der Waals surface area contributed by atoms with E-state index in [0.717, 1.165) is 43.9 Å². The topological polar surface area (TPSA) is 103 Å². The van der Waals surface area contributed by atoms with Crippen LogP contribution in [0.15, 0.2) is 6.07 Å². The average molecular weight is 336 g/mol. The summed E-state index contributed by atoms with van der Waals surface area (Å²) in [5.74, 6) is 2.00. The van der Waals surface area contributed by atoms with Gasteiger partial charge in [-0.1, -0.05) is 11.6 Å². The quantitative estimate of drug-likeness (QED) is 0.669. The highest BCUT2D eigenvalue weighted by atomic mass is 35.5. The number of aromatic nitrogens is 2. The monoisotopic (exact) mass is 335 g/mol. The molecule has 4 N–H and O–H groups in total. The van der Waals surface area contributed by atoms with Crippen molar-refractivity contribution in [3.63, 3.8) is 0 Å². The zero-order valence-electron chi connectivity index (χ0n) is 13.2. The van der Waals surface area contributed by atoms with Crippen molar-refractivity contribution in [3.8, 4) is 6.07 Å². The van der Waals surface area contributed by atoms with E-state index in [4.69, 9.17) is 22.6 Å². The summed E-state index contributed by atoms with van der Waals surface area (Å²) in [4.78, 5) is 11.0. The molecule has 1 aliphatic heterocycles. The predicted molar refractivity (Wildman–Crippen MR) is 88.7 cm³/mol. The summed E-state index contributed by atoms with van der Waals surface area (Å²) < 4.78 is 0. The number of anilines is 1. The maximum absolute atomic E-state index is 9.16. The number of nitriles is 1. The highest BCUT2D eigenvalue weighted by molar-refractivity contribution is 6.29. The molecule has 8 heteroatoms. The van der Waals surface area contributed by atoms with Crippen LogP contribution < -0.4 is 21.5 Å². The Kier molecular flexibility index (Phi) is 4.97. The molecule has 1 aliphatic carbocycles. The van der Waals surface area contributed by atoms with Gasteiger partial charge in [-0.25, -0.2) is 15.4 Å². The molecule has 3 unspecified atom stereocenters. The Hall–Kier alpha value is -1.46. The fourth-order valence-corrected chi connectivity index (χ4v) is 3.04. The van der Waals surface area contributed by atoms with Gasteiger partial charge in [0.1, 0.15) is 16.8 Å². The van der Waals surface area contributed by atoms with Crippen molar-refractivity contribution in [2.45, 2.75) is 43.8 Å². The van der Waals surface area contributed by atoms with Crippen LogP contribution in [0, 0.1) is 17.2 Å². The Balaban J connectivity index is 1.53. The van der Waals surface area contributed by atoms with Crippen molar-refractivity contribution >= 4 is 17.4 Å². The second-order valence-electron chi connectivity index (χ2n) is 6.32. The van der Waals surface area contributed by atoms with Gasteiger partial charge < -0.3 is 10.6 Å². The van der Waals surface area contributed by atoms with Crippen molar-refractivity contribution in [1.82, 2.24) is 20.8 Å². The largest absolute Gasteiger partial charge is 0.360 e. The minimum atomic E-state index is -0.301. The molecule has 124 valence electrons. The number of hydrazine groups is 1. The zero-order chi connectivity index (χ0) is 16.4. The van der Waals surface area contributed by atoms with Gasteiger partial charge in [-0.2, -0.15) is 5.26 Å². The minimum absolute atomic E-state index is 0.0828. The third-order valence-corrected chi connectivity index (χ3v) is 4.64. The lowest BCUT2D eigenvalue weighted by Gasteiger charge is -2.20. The molecule has 0 bridgehead atoms. The first kappa shape index (κ1) is 16.4. The third-order valence-electron chi connectivity index (χ3n) is 4.45. The van der Waals surface area contributed by atoms with E-state index < -0.39 is 0 Å². The summed E-state index contributed by atoms with van der Waals surface area (Å²) in [7, 11) is 2.00. The minimum Gasteiger partial charge on any atom is -0.360 e. The van der Waals surface area contributed by atoms with Gasteiger partial charge in [-0.3, -0.25) is 5.43 Å². The van der Waals surface area contributed by atoms with Gasteiger partial charge in [-0.15, -0.1) is 0 Å². The van der Waals surface area contributed by atoms with Crippen LogP contribution in [0.5, 0.6) is 0 Å². The summed E-state index contributed by atoms with van der Waals surface area (Å²) >= 11 is 6.11. The molecular weight excluding hydrogens is 314 g/mol. The Bertz CT molecular complexity index is 598. The average Bonchev–Trinajstić information content (AvgIpc) is 3.31. The molecular formula is C15H22ClN7. The van der Waals surface area contributed by atoms with Crippen LogP contribution in [0.3, 0.4) is 0 Å². The summed E-state index contributed by atoms with van der Waals surface area (Å²) in [5, 5.41) is 9.66. The molecule has 1 saturated carbocycles. The van der Waals surface area contributed by atoms with E-state index in [1.165, 1.54) is 0 Å². The molecule has 2 fully saturated rings. The van der Waals surface area contributed by atoms with Crippen molar-refractivity contribution < 1.29 is 0 Å². The molecule has 3 atom stereocenters. The number of nitrogens with zero attached hydrogens (tertiary/aromatic N) is 4. The van der Waals surface area contributed by atoms with Gasteiger partial charge in [0.2, 0.25) is 0 Å². The van der Waals surface area contributed by atoms with Crippen LogP contribution in [0.25, 0.3) is 0 Å². The summed E-state index contributed by atoms with van der Waals surface area (Å²) in [6, 6.07) is 4.15. The van der Waals surface area contributed by atoms with Crippen LogP contribution in [0.1, 0.15) is 37.4 Å². The van der Waals surface area contributed by atoms with Gasteiger partial charge >= 0.3 is 0 Å². The van der Waals surface area contributed by atoms with Gasteiger partial charge in [0.05, 0.1) is 18.2 Å². The lowest BCUT2D eigenvalue weighted by molar-refractivity contribution is 0.463. The van der Waals surface area contributed by atoms with Gasteiger partial charge in [0.15, 0.2) is 0 Å². The maximum Gasteiger partial charge on any atom is 0.135 e. The van der Waals surface area contributed by atoms with E-state index in [1.54, 1.807) is 6.07 Å². The summed E-state index contributed by atoms with van der Waals surface area (Å²) in [5.41, 5.74) is 11.9. The molecule has 1 aromatic rings.